The molecule has 1 nitrogen and oxygen atoms in total. The van der Waals surface area contributed by atoms with Gasteiger partial charge in [-0.3, -0.25) is 0 Å². The summed E-state index contributed by atoms with van der Waals surface area (Å²) in [6, 6.07) is 11.8. The van der Waals surface area contributed by atoms with Crippen molar-refractivity contribution in [2.45, 2.75) is 26.4 Å². The molecule has 0 aliphatic heterocycles. The molecule has 18 heavy (non-hydrogen) atoms. The Bertz CT molecular complexity index is 556. The molecule has 0 amide bonds. The molecule has 2 aromatic carbocycles. The number of aliphatic hydroxyl groups is 1. The van der Waals surface area contributed by atoms with Gasteiger partial charge in [0.15, 0.2) is 0 Å². The van der Waals surface area contributed by atoms with Gasteiger partial charge in [0, 0.05) is 0 Å². The molecule has 0 spiro atoms. The molecule has 2 rings (SSSR count). The molecule has 0 heterocycles. The predicted molar refractivity (Wildman–Crippen MR) is 71.0 cm³/mol. The Morgan fingerprint density at radius 2 is 1.44 bits per heavy atom. The maximum Gasteiger partial charge on any atom is 0.123 e. The van der Waals surface area contributed by atoms with Crippen LogP contribution in [-0.2, 0) is 5.60 Å². The first-order chi connectivity index (χ1) is 8.41. The van der Waals surface area contributed by atoms with Gasteiger partial charge in [-0.15, -0.1) is 0 Å². The lowest BCUT2D eigenvalue weighted by molar-refractivity contribution is 0.102. The van der Waals surface area contributed by atoms with E-state index in [1.807, 2.05) is 32.0 Å². The number of rotatable bonds is 2. The van der Waals surface area contributed by atoms with Gasteiger partial charge in [-0.2, -0.15) is 0 Å². The van der Waals surface area contributed by atoms with Gasteiger partial charge in [0.05, 0.1) is 0 Å². The molecule has 2 heteroatoms. The van der Waals surface area contributed by atoms with Crippen LogP contribution in [-0.4, -0.2) is 5.11 Å². The SMILES string of the molecule is Cc1ccc(C(C)(O)c2ccc(F)cc2)cc1C. The first-order valence-corrected chi connectivity index (χ1v) is 5.97. The zero-order chi connectivity index (χ0) is 13.3. The Kier molecular flexibility index (Phi) is 3.22. The van der Waals surface area contributed by atoms with Gasteiger partial charge in [-0.1, -0.05) is 30.3 Å². The third-order valence-electron chi connectivity index (χ3n) is 3.48. The smallest absolute Gasteiger partial charge is 0.123 e. The van der Waals surface area contributed by atoms with Crippen LogP contribution in [0.15, 0.2) is 42.5 Å². The molecule has 94 valence electrons. The van der Waals surface area contributed by atoms with Gasteiger partial charge < -0.3 is 5.11 Å². The van der Waals surface area contributed by atoms with Crippen molar-refractivity contribution >= 4 is 0 Å². The molecule has 0 aliphatic carbocycles. The van der Waals surface area contributed by atoms with E-state index in [9.17, 15) is 9.50 Å². The van der Waals surface area contributed by atoms with Crippen molar-refractivity contribution in [2.75, 3.05) is 0 Å². The second kappa shape index (κ2) is 4.54. The van der Waals surface area contributed by atoms with Crippen LogP contribution in [0.25, 0.3) is 0 Å². The van der Waals surface area contributed by atoms with Gasteiger partial charge in [-0.25, -0.2) is 4.39 Å². The fourth-order valence-corrected chi connectivity index (χ4v) is 1.99. The van der Waals surface area contributed by atoms with Crippen LogP contribution >= 0.6 is 0 Å². The van der Waals surface area contributed by atoms with Crippen LogP contribution in [0.5, 0.6) is 0 Å². The molecule has 1 N–H and O–H groups in total. The van der Waals surface area contributed by atoms with Crippen LogP contribution in [0.1, 0.15) is 29.2 Å². The van der Waals surface area contributed by atoms with Gasteiger partial charge in [0.2, 0.25) is 0 Å². The maximum absolute atomic E-state index is 12.9. The third-order valence-corrected chi connectivity index (χ3v) is 3.48. The molecule has 0 radical (unpaired) electrons. The summed E-state index contributed by atoms with van der Waals surface area (Å²) in [6.45, 7) is 5.77. The van der Waals surface area contributed by atoms with E-state index >= 15 is 0 Å². The first-order valence-electron chi connectivity index (χ1n) is 5.97. The summed E-state index contributed by atoms with van der Waals surface area (Å²) in [7, 11) is 0. The minimum atomic E-state index is -1.10. The Morgan fingerprint density at radius 3 is 2.00 bits per heavy atom. The summed E-state index contributed by atoms with van der Waals surface area (Å²) in [4.78, 5) is 0. The minimum Gasteiger partial charge on any atom is -0.381 e. The zero-order valence-corrected chi connectivity index (χ0v) is 10.9. The Balaban J connectivity index is 2.46. The third kappa shape index (κ3) is 2.29. The van der Waals surface area contributed by atoms with E-state index in [4.69, 9.17) is 0 Å². The van der Waals surface area contributed by atoms with E-state index in [0.717, 1.165) is 11.1 Å². The molecule has 0 saturated carbocycles. The molecule has 1 atom stereocenters. The molecule has 0 bridgehead atoms. The van der Waals surface area contributed by atoms with E-state index in [1.54, 1.807) is 19.1 Å². The van der Waals surface area contributed by atoms with Gasteiger partial charge in [0.1, 0.15) is 11.4 Å². The highest BCUT2D eigenvalue weighted by Gasteiger charge is 2.25. The number of hydrogen-bond acceptors (Lipinski definition) is 1. The van der Waals surface area contributed by atoms with Crippen LogP contribution in [0.3, 0.4) is 0 Å². The predicted octanol–water partition coefficient (Wildman–Crippen LogP) is 3.70. The Hall–Kier alpha value is -1.67. The van der Waals surface area contributed by atoms with E-state index < -0.39 is 5.60 Å². The lowest BCUT2D eigenvalue weighted by Gasteiger charge is -2.25. The molecule has 0 aromatic heterocycles. The highest BCUT2D eigenvalue weighted by molar-refractivity contribution is 5.39. The lowest BCUT2D eigenvalue weighted by Crippen LogP contribution is -2.22. The van der Waals surface area contributed by atoms with Crippen LogP contribution < -0.4 is 0 Å². The largest absolute Gasteiger partial charge is 0.381 e. The highest BCUT2D eigenvalue weighted by Crippen LogP contribution is 2.30. The van der Waals surface area contributed by atoms with Crippen LogP contribution in [0, 0.1) is 19.7 Å². The van der Waals surface area contributed by atoms with Crippen molar-refractivity contribution in [1.29, 1.82) is 0 Å². The van der Waals surface area contributed by atoms with E-state index in [1.165, 1.54) is 17.7 Å². The maximum atomic E-state index is 12.9. The highest BCUT2D eigenvalue weighted by atomic mass is 19.1. The number of aryl methyl sites for hydroxylation is 2. The van der Waals surface area contributed by atoms with Crippen LogP contribution in [0.2, 0.25) is 0 Å². The average molecular weight is 244 g/mol. The lowest BCUT2D eigenvalue weighted by atomic mass is 9.87. The van der Waals surface area contributed by atoms with Gasteiger partial charge in [0.25, 0.3) is 0 Å². The number of halogens is 1. The van der Waals surface area contributed by atoms with E-state index in [2.05, 4.69) is 0 Å². The van der Waals surface area contributed by atoms with E-state index in [0.29, 0.717) is 5.56 Å². The molecule has 2 aromatic rings. The Labute approximate surface area is 107 Å². The molecule has 1 unspecified atom stereocenters. The number of hydrogen-bond donors (Lipinski definition) is 1. The van der Waals surface area contributed by atoms with Crippen molar-refractivity contribution < 1.29 is 9.50 Å². The normalized spacial score (nSPS) is 14.3. The second-order valence-corrected chi connectivity index (χ2v) is 4.88. The summed E-state index contributed by atoms with van der Waals surface area (Å²) >= 11 is 0. The van der Waals surface area contributed by atoms with Gasteiger partial charge >= 0.3 is 0 Å². The molecule has 0 aliphatic rings. The van der Waals surface area contributed by atoms with Crippen molar-refractivity contribution in [1.82, 2.24) is 0 Å². The summed E-state index contributed by atoms with van der Waals surface area (Å²) in [5.41, 5.74) is 2.72. The molecular weight excluding hydrogens is 227 g/mol. The average Bonchev–Trinajstić information content (AvgIpc) is 2.33. The summed E-state index contributed by atoms with van der Waals surface area (Å²) in [5, 5.41) is 10.6. The fraction of sp³-hybridized carbons (Fsp3) is 0.250. The van der Waals surface area contributed by atoms with E-state index in [-0.39, 0.29) is 5.82 Å². The summed E-state index contributed by atoms with van der Waals surface area (Å²) in [6.07, 6.45) is 0. The fourth-order valence-electron chi connectivity index (χ4n) is 1.99. The minimum absolute atomic E-state index is 0.297. The second-order valence-electron chi connectivity index (χ2n) is 4.88. The molecule has 0 saturated heterocycles. The summed E-state index contributed by atoms with van der Waals surface area (Å²) in [5.74, 6) is -0.297. The number of benzene rings is 2. The monoisotopic (exact) mass is 244 g/mol. The van der Waals surface area contributed by atoms with Crippen molar-refractivity contribution in [2.24, 2.45) is 0 Å². The first kappa shape index (κ1) is 12.8. The topological polar surface area (TPSA) is 20.2 Å². The van der Waals surface area contributed by atoms with Crippen molar-refractivity contribution in [3.63, 3.8) is 0 Å². The zero-order valence-electron chi connectivity index (χ0n) is 10.9. The standard InChI is InChI=1S/C16H17FO/c1-11-4-5-14(10-12(11)2)16(3,18)13-6-8-15(17)9-7-13/h4-10,18H,1-3H3. The Morgan fingerprint density at radius 1 is 0.889 bits per heavy atom. The van der Waals surface area contributed by atoms with Crippen molar-refractivity contribution in [3.05, 3.63) is 70.5 Å². The van der Waals surface area contributed by atoms with Crippen molar-refractivity contribution in [3.8, 4) is 0 Å². The quantitative estimate of drug-likeness (QED) is 0.854. The summed E-state index contributed by atoms with van der Waals surface area (Å²) < 4.78 is 12.9. The molecule has 0 fully saturated rings. The van der Waals surface area contributed by atoms with Gasteiger partial charge in [-0.05, 0) is 55.2 Å². The van der Waals surface area contributed by atoms with Crippen LogP contribution in [0.4, 0.5) is 4.39 Å². The molecular formula is C16H17FO.